The highest BCUT2D eigenvalue weighted by molar-refractivity contribution is 5.05. The van der Waals surface area contributed by atoms with Crippen LogP contribution in [-0.4, -0.2) is 35.5 Å². The summed E-state index contributed by atoms with van der Waals surface area (Å²) in [6, 6.07) is 0.578. The summed E-state index contributed by atoms with van der Waals surface area (Å²) in [6.45, 7) is 1.20. The molecule has 2 aliphatic carbocycles. The number of aliphatic hydroxyl groups excluding tert-OH is 1. The number of hydrogen-bond acceptors (Lipinski definition) is 3. The molecular weight excluding hydrogens is 190 g/mol. The summed E-state index contributed by atoms with van der Waals surface area (Å²) in [6.07, 6.45) is 8.40. The second-order valence-electron chi connectivity index (χ2n) is 5.66. The normalized spacial score (nSPS) is 36.2. The third kappa shape index (κ3) is 1.81. The molecule has 1 atom stereocenters. The first-order chi connectivity index (χ1) is 7.26. The third-order valence-electron chi connectivity index (χ3n) is 4.42. The van der Waals surface area contributed by atoms with Gasteiger partial charge in [0.05, 0.1) is 12.2 Å². The smallest absolute Gasteiger partial charge is 0.0697 e. The Morgan fingerprint density at radius 3 is 2.60 bits per heavy atom. The molecule has 3 heteroatoms. The van der Waals surface area contributed by atoms with Crippen LogP contribution in [0.5, 0.6) is 0 Å². The minimum atomic E-state index is 0.0902. The fraction of sp³-hybridized carbons (Fsp3) is 1.00. The maximum absolute atomic E-state index is 9.29. The molecule has 15 heavy (non-hydrogen) atoms. The molecule has 1 saturated heterocycles. The van der Waals surface area contributed by atoms with Gasteiger partial charge in [0.25, 0.3) is 0 Å². The van der Waals surface area contributed by atoms with Crippen LogP contribution in [0.1, 0.15) is 44.9 Å². The van der Waals surface area contributed by atoms with Gasteiger partial charge in [-0.05, 0) is 44.9 Å². The van der Waals surface area contributed by atoms with E-state index in [2.05, 4.69) is 5.32 Å². The van der Waals surface area contributed by atoms with Gasteiger partial charge < -0.3 is 15.2 Å². The Morgan fingerprint density at radius 2 is 2.07 bits per heavy atom. The molecule has 2 N–H and O–H groups in total. The van der Waals surface area contributed by atoms with E-state index in [-0.39, 0.29) is 11.1 Å². The number of hydrogen-bond donors (Lipinski definition) is 2. The van der Waals surface area contributed by atoms with E-state index in [1.54, 1.807) is 0 Å². The minimum Gasteiger partial charge on any atom is -0.394 e. The highest BCUT2D eigenvalue weighted by Crippen LogP contribution is 2.44. The summed E-state index contributed by atoms with van der Waals surface area (Å²) in [5.41, 5.74) is 0.314. The number of nitrogens with one attached hydrogen (secondary N) is 1. The van der Waals surface area contributed by atoms with Crippen molar-refractivity contribution in [2.75, 3.05) is 13.2 Å². The molecule has 0 aromatic carbocycles. The fourth-order valence-corrected chi connectivity index (χ4v) is 3.00. The third-order valence-corrected chi connectivity index (χ3v) is 4.42. The van der Waals surface area contributed by atoms with Gasteiger partial charge in [-0.2, -0.15) is 0 Å². The molecule has 3 fully saturated rings. The zero-order valence-corrected chi connectivity index (χ0v) is 9.30. The van der Waals surface area contributed by atoms with Gasteiger partial charge in [-0.1, -0.05) is 0 Å². The summed E-state index contributed by atoms with van der Waals surface area (Å²) in [5.74, 6) is 0. The lowest BCUT2D eigenvalue weighted by Crippen LogP contribution is -2.54. The van der Waals surface area contributed by atoms with Crippen LogP contribution in [0.15, 0.2) is 0 Å². The second-order valence-corrected chi connectivity index (χ2v) is 5.66. The van der Waals surface area contributed by atoms with E-state index in [9.17, 15) is 5.11 Å². The van der Waals surface area contributed by atoms with E-state index in [4.69, 9.17) is 4.74 Å². The van der Waals surface area contributed by atoms with Crippen molar-refractivity contribution < 1.29 is 9.84 Å². The maximum atomic E-state index is 9.29. The highest BCUT2D eigenvalue weighted by Gasteiger charge is 2.47. The van der Waals surface area contributed by atoms with Crippen molar-refractivity contribution in [3.05, 3.63) is 0 Å². The first-order valence-corrected chi connectivity index (χ1v) is 6.29. The van der Waals surface area contributed by atoms with Crippen LogP contribution in [-0.2, 0) is 4.74 Å². The topological polar surface area (TPSA) is 41.5 Å². The van der Waals surface area contributed by atoms with Crippen LogP contribution in [0.3, 0.4) is 0 Å². The Labute approximate surface area is 91.2 Å². The van der Waals surface area contributed by atoms with Crippen LogP contribution < -0.4 is 5.32 Å². The molecule has 3 aliphatic rings. The second kappa shape index (κ2) is 3.44. The largest absolute Gasteiger partial charge is 0.394 e. The van der Waals surface area contributed by atoms with Crippen LogP contribution in [0, 0.1) is 0 Å². The van der Waals surface area contributed by atoms with Gasteiger partial charge >= 0.3 is 0 Å². The average Bonchev–Trinajstić information content (AvgIpc) is 2.97. The van der Waals surface area contributed by atoms with Crippen molar-refractivity contribution >= 4 is 0 Å². The van der Waals surface area contributed by atoms with E-state index >= 15 is 0 Å². The number of rotatable bonds is 3. The van der Waals surface area contributed by atoms with E-state index in [1.807, 2.05) is 0 Å². The monoisotopic (exact) mass is 211 g/mol. The summed E-state index contributed by atoms with van der Waals surface area (Å²) >= 11 is 0. The fourth-order valence-electron chi connectivity index (χ4n) is 3.00. The Balaban J connectivity index is 1.57. The molecule has 0 aromatic heterocycles. The van der Waals surface area contributed by atoms with Gasteiger partial charge in [0.15, 0.2) is 0 Å². The molecule has 0 bridgehead atoms. The van der Waals surface area contributed by atoms with Crippen LogP contribution >= 0.6 is 0 Å². The van der Waals surface area contributed by atoms with Crippen LogP contribution in [0.4, 0.5) is 0 Å². The highest BCUT2D eigenvalue weighted by atomic mass is 16.5. The summed E-state index contributed by atoms with van der Waals surface area (Å²) in [4.78, 5) is 0. The van der Waals surface area contributed by atoms with Gasteiger partial charge in [0.2, 0.25) is 0 Å². The maximum Gasteiger partial charge on any atom is 0.0697 e. The molecule has 1 unspecified atom stereocenters. The van der Waals surface area contributed by atoms with Crippen LogP contribution in [0.25, 0.3) is 0 Å². The van der Waals surface area contributed by atoms with Gasteiger partial charge in [-0.25, -0.2) is 0 Å². The van der Waals surface area contributed by atoms with Crippen molar-refractivity contribution in [2.24, 2.45) is 0 Å². The van der Waals surface area contributed by atoms with Crippen molar-refractivity contribution in [3.8, 4) is 0 Å². The Kier molecular flexibility index (Phi) is 2.31. The van der Waals surface area contributed by atoms with E-state index in [0.29, 0.717) is 12.6 Å². The summed E-state index contributed by atoms with van der Waals surface area (Å²) < 4.78 is 5.90. The molecule has 3 rings (SSSR count). The van der Waals surface area contributed by atoms with Gasteiger partial charge in [0, 0.05) is 18.2 Å². The predicted octanol–water partition coefficient (Wildman–Crippen LogP) is 1.20. The molecule has 1 spiro atoms. The average molecular weight is 211 g/mol. The lowest BCUT2D eigenvalue weighted by molar-refractivity contribution is -0.137. The van der Waals surface area contributed by atoms with Crippen LogP contribution in [0.2, 0.25) is 0 Å². The van der Waals surface area contributed by atoms with Crippen molar-refractivity contribution in [2.45, 2.75) is 62.1 Å². The lowest BCUT2D eigenvalue weighted by Gasteiger charge is -2.48. The quantitative estimate of drug-likeness (QED) is 0.737. The van der Waals surface area contributed by atoms with Gasteiger partial charge in [-0.3, -0.25) is 0 Å². The SMILES string of the molecule is OCC1(NC2CCOC3(CCC3)C2)CC1. The lowest BCUT2D eigenvalue weighted by atomic mass is 9.74. The van der Waals surface area contributed by atoms with E-state index < -0.39 is 0 Å². The molecule has 0 radical (unpaired) electrons. The van der Waals surface area contributed by atoms with E-state index in [0.717, 1.165) is 32.3 Å². The standard InChI is InChI=1S/C12H21NO2/c14-9-11(5-6-11)13-10-2-7-15-12(8-10)3-1-4-12/h10,13-14H,1-9H2. The number of aliphatic hydroxyl groups is 1. The van der Waals surface area contributed by atoms with Crippen molar-refractivity contribution in [1.82, 2.24) is 5.32 Å². The minimum absolute atomic E-state index is 0.0902. The molecule has 3 nitrogen and oxygen atoms in total. The van der Waals surface area contributed by atoms with Crippen molar-refractivity contribution in [1.29, 1.82) is 0 Å². The molecule has 1 aliphatic heterocycles. The van der Waals surface area contributed by atoms with Gasteiger partial charge in [0.1, 0.15) is 0 Å². The zero-order chi connectivity index (χ0) is 10.4. The molecule has 86 valence electrons. The van der Waals surface area contributed by atoms with Gasteiger partial charge in [-0.15, -0.1) is 0 Å². The van der Waals surface area contributed by atoms with Crippen molar-refractivity contribution in [3.63, 3.8) is 0 Å². The zero-order valence-electron chi connectivity index (χ0n) is 9.30. The Morgan fingerprint density at radius 1 is 1.27 bits per heavy atom. The molecule has 1 heterocycles. The molecule has 2 saturated carbocycles. The number of ether oxygens (including phenoxy) is 1. The first kappa shape index (κ1) is 10.1. The summed E-state index contributed by atoms with van der Waals surface area (Å²) in [5, 5.41) is 12.9. The Bertz CT molecular complexity index is 244. The summed E-state index contributed by atoms with van der Waals surface area (Å²) in [7, 11) is 0. The molecule has 0 amide bonds. The molecular formula is C12H21NO2. The predicted molar refractivity (Wildman–Crippen MR) is 57.7 cm³/mol. The molecule has 0 aromatic rings. The first-order valence-electron chi connectivity index (χ1n) is 6.29. The van der Waals surface area contributed by atoms with E-state index in [1.165, 1.54) is 19.3 Å². The Hall–Kier alpha value is -0.120.